The lowest BCUT2D eigenvalue weighted by Crippen LogP contribution is -2.37. The lowest BCUT2D eigenvalue weighted by molar-refractivity contribution is 0.0717. The standard InChI is InChI=1S/C26H32N2O/c1-17(2)15-28(16-18(3)4)26(29)23-14-25(21-12-11-19(5)13-20(21)6)27-24-10-8-7-9-22(23)24/h7-14,17-18H,15-16H2,1-6H3. The molecular weight excluding hydrogens is 356 g/mol. The second-order valence-corrected chi connectivity index (χ2v) is 8.89. The first-order chi connectivity index (χ1) is 13.8. The minimum absolute atomic E-state index is 0.0945. The molecule has 0 aliphatic rings. The number of rotatable bonds is 6. The summed E-state index contributed by atoms with van der Waals surface area (Å²) in [4.78, 5) is 20.5. The average molecular weight is 389 g/mol. The maximum absolute atomic E-state index is 13.7. The number of aromatic nitrogens is 1. The van der Waals surface area contributed by atoms with Crippen LogP contribution in [-0.2, 0) is 0 Å². The molecular formula is C26H32N2O. The van der Waals surface area contributed by atoms with Crippen LogP contribution in [-0.4, -0.2) is 28.9 Å². The highest BCUT2D eigenvalue weighted by atomic mass is 16.2. The Hall–Kier alpha value is -2.68. The molecule has 3 nitrogen and oxygen atoms in total. The molecule has 1 heterocycles. The van der Waals surface area contributed by atoms with Crippen molar-refractivity contribution in [3.8, 4) is 11.3 Å². The molecule has 0 radical (unpaired) electrons. The number of hydrogen-bond acceptors (Lipinski definition) is 2. The summed E-state index contributed by atoms with van der Waals surface area (Å²) in [7, 11) is 0. The molecule has 0 aliphatic heterocycles. The van der Waals surface area contributed by atoms with E-state index in [1.807, 2.05) is 35.2 Å². The fraction of sp³-hybridized carbons (Fsp3) is 0.385. The highest BCUT2D eigenvalue weighted by Gasteiger charge is 2.22. The zero-order chi connectivity index (χ0) is 21.1. The van der Waals surface area contributed by atoms with Crippen LogP contribution < -0.4 is 0 Å². The van der Waals surface area contributed by atoms with Crippen LogP contribution in [0.25, 0.3) is 22.2 Å². The number of nitrogens with zero attached hydrogens (tertiary/aromatic N) is 2. The summed E-state index contributed by atoms with van der Waals surface area (Å²) in [5, 5.41) is 0.920. The average Bonchev–Trinajstić information content (AvgIpc) is 2.65. The second kappa shape index (κ2) is 8.77. The normalized spacial score (nSPS) is 11.4. The number of benzene rings is 2. The van der Waals surface area contributed by atoms with Crippen molar-refractivity contribution in [2.24, 2.45) is 11.8 Å². The third-order valence-corrected chi connectivity index (χ3v) is 5.06. The summed E-state index contributed by atoms with van der Waals surface area (Å²) in [6, 6.07) is 16.3. The monoisotopic (exact) mass is 388 g/mol. The van der Waals surface area contributed by atoms with E-state index >= 15 is 0 Å². The van der Waals surface area contributed by atoms with Gasteiger partial charge in [0.1, 0.15) is 0 Å². The molecule has 3 heteroatoms. The molecule has 29 heavy (non-hydrogen) atoms. The quantitative estimate of drug-likeness (QED) is 0.498. The van der Waals surface area contributed by atoms with Gasteiger partial charge in [-0.05, 0) is 43.4 Å². The minimum atomic E-state index is 0.0945. The Morgan fingerprint density at radius 1 is 0.931 bits per heavy atom. The molecule has 1 amide bonds. The zero-order valence-electron chi connectivity index (χ0n) is 18.5. The van der Waals surface area contributed by atoms with Gasteiger partial charge >= 0.3 is 0 Å². The number of carbonyl (C=O) groups is 1. The molecule has 0 atom stereocenters. The van der Waals surface area contributed by atoms with Crippen LogP contribution in [0.3, 0.4) is 0 Å². The molecule has 1 aromatic heterocycles. The molecule has 0 aliphatic carbocycles. The maximum atomic E-state index is 13.7. The molecule has 3 rings (SSSR count). The number of hydrogen-bond donors (Lipinski definition) is 0. The Morgan fingerprint density at radius 2 is 1.59 bits per heavy atom. The topological polar surface area (TPSA) is 33.2 Å². The van der Waals surface area contributed by atoms with Crippen molar-refractivity contribution in [1.29, 1.82) is 0 Å². The van der Waals surface area contributed by atoms with Crippen molar-refractivity contribution in [3.05, 3.63) is 65.2 Å². The number of fused-ring (bicyclic) bond motifs is 1. The van der Waals surface area contributed by atoms with Crippen LogP contribution in [0.2, 0.25) is 0 Å². The van der Waals surface area contributed by atoms with E-state index in [2.05, 4.69) is 59.7 Å². The number of amides is 1. The summed E-state index contributed by atoms with van der Waals surface area (Å²) in [6.07, 6.45) is 0. The van der Waals surface area contributed by atoms with E-state index in [1.54, 1.807) is 0 Å². The Morgan fingerprint density at radius 3 is 2.21 bits per heavy atom. The van der Waals surface area contributed by atoms with Crippen molar-refractivity contribution in [2.75, 3.05) is 13.1 Å². The molecule has 0 saturated carbocycles. The SMILES string of the molecule is Cc1ccc(-c2cc(C(=O)N(CC(C)C)CC(C)C)c3ccccc3n2)c(C)c1. The third kappa shape index (κ3) is 4.84. The zero-order valence-corrected chi connectivity index (χ0v) is 18.5. The van der Waals surface area contributed by atoms with Crippen LogP contribution in [0.5, 0.6) is 0 Å². The largest absolute Gasteiger partial charge is 0.338 e. The predicted octanol–water partition coefficient (Wildman–Crippen LogP) is 6.27. The van der Waals surface area contributed by atoms with Crippen LogP contribution in [0.4, 0.5) is 0 Å². The Kier molecular flexibility index (Phi) is 6.36. The summed E-state index contributed by atoms with van der Waals surface area (Å²) < 4.78 is 0. The number of aryl methyl sites for hydroxylation is 2. The predicted molar refractivity (Wildman–Crippen MR) is 122 cm³/mol. The molecule has 0 bridgehead atoms. The van der Waals surface area contributed by atoms with Crippen LogP contribution in [0, 0.1) is 25.7 Å². The van der Waals surface area contributed by atoms with Crippen LogP contribution in [0.1, 0.15) is 49.2 Å². The first-order valence-corrected chi connectivity index (χ1v) is 10.5. The van der Waals surface area contributed by atoms with Gasteiger partial charge < -0.3 is 4.90 Å². The fourth-order valence-electron chi connectivity index (χ4n) is 3.88. The van der Waals surface area contributed by atoms with Gasteiger partial charge in [0, 0.05) is 24.0 Å². The van der Waals surface area contributed by atoms with Crippen molar-refractivity contribution in [3.63, 3.8) is 0 Å². The molecule has 3 aromatic rings. The van der Waals surface area contributed by atoms with Crippen molar-refractivity contribution in [1.82, 2.24) is 9.88 Å². The lowest BCUT2D eigenvalue weighted by atomic mass is 9.98. The Balaban J connectivity index is 2.16. The van der Waals surface area contributed by atoms with Gasteiger partial charge in [0.15, 0.2) is 0 Å². The molecule has 0 saturated heterocycles. The first-order valence-electron chi connectivity index (χ1n) is 10.5. The van der Waals surface area contributed by atoms with E-state index < -0.39 is 0 Å². The van der Waals surface area contributed by atoms with Gasteiger partial charge in [-0.25, -0.2) is 4.98 Å². The van der Waals surface area contributed by atoms with Gasteiger partial charge in [-0.2, -0.15) is 0 Å². The number of pyridine rings is 1. The first kappa shape index (κ1) is 21.0. The molecule has 2 aromatic carbocycles. The molecule has 0 N–H and O–H groups in total. The van der Waals surface area contributed by atoms with E-state index in [0.29, 0.717) is 11.8 Å². The van der Waals surface area contributed by atoms with Crippen LogP contribution >= 0.6 is 0 Å². The third-order valence-electron chi connectivity index (χ3n) is 5.06. The maximum Gasteiger partial charge on any atom is 0.254 e. The van der Waals surface area contributed by atoms with E-state index in [9.17, 15) is 4.79 Å². The minimum Gasteiger partial charge on any atom is -0.338 e. The summed E-state index contributed by atoms with van der Waals surface area (Å²) in [5.41, 5.74) is 5.94. The van der Waals surface area contributed by atoms with Gasteiger partial charge in [-0.15, -0.1) is 0 Å². The van der Waals surface area contributed by atoms with E-state index in [4.69, 9.17) is 4.98 Å². The summed E-state index contributed by atoms with van der Waals surface area (Å²) >= 11 is 0. The van der Waals surface area contributed by atoms with Crippen molar-refractivity contribution < 1.29 is 4.79 Å². The molecule has 152 valence electrons. The van der Waals surface area contributed by atoms with Gasteiger partial charge in [-0.1, -0.05) is 69.7 Å². The van der Waals surface area contributed by atoms with Gasteiger partial charge in [0.2, 0.25) is 0 Å². The number of carbonyl (C=O) groups excluding carboxylic acids is 1. The smallest absolute Gasteiger partial charge is 0.254 e. The highest BCUT2D eigenvalue weighted by Crippen LogP contribution is 2.28. The highest BCUT2D eigenvalue weighted by molar-refractivity contribution is 6.07. The van der Waals surface area contributed by atoms with Gasteiger partial charge in [0.25, 0.3) is 5.91 Å². The number of para-hydroxylation sites is 1. The van der Waals surface area contributed by atoms with Gasteiger partial charge in [0.05, 0.1) is 16.8 Å². The fourth-order valence-corrected chi connectivity index (χ4v) is 3.88. The summed E-state index contributed by atoms with van der Waals surface area (Å²) in [6.45, 7) is 14.3. The van der Waals surface area contributed by atoms with Gasteiger partial charge in [-0.3, -0.25) is 4.79 Å². The van der Waals surface area contributed by atoms with Crippen molar-refractivity contribution in [2.45, 2.75) is 41.5 Å². The van der Waals surface area contributed by atoms with E-state index in [-0.39, 0.29) is 5.91 Å². The lowest BCUT2D eigenvalue weighted by Gasteiger charge is -2.27. The van der Waals surface area contributed by atoms with Crippen LogP contribution in [0.15, 0.2) is 48.5 Å². The molecule has 0 fully saturated rings. The second-order valence-electron chi connectivity index (χ2n) is 8.89. The Labute approximate surface area is 174 Å². The Bertz CT molecular complexity index is 1010. The molecule has 0 spiro atoms. The van der Waals surface area contributed by atoms with E-state index in [1.165, 1.54) is 11.1 Å². The molecule has 0 unspecified atom stereocenters. The summed E-state index contributed by atoms with van der Waals surface area (Å²) in [5.74, 6) is 0.936. The van der Waals surface area contributed by atoms with E-state index in [0.717, 1.165) is 40.8 Å². The van der Waals surface area contributed by atoms with Crippen molar-refractivity contribution >= 4 is 16.8 Å².